The van der Waals surface area contributed by atoms with Crippen LogP contribution in [0.1, 0.15) is 22.0 Å². The predicted octanol–water partition coefficient (Wildman–Crippen LogP) is 5.10. The number of rotatable bonds is 2. The van der Waals surface area contributed by atoms with E-state index in [2.05, 4.69) is 40.0 Å². The van der Waals surface area contributed by atoms with Gasteiger partial charge in [0.1, 0.15) is 0 Å². The van der Waals surface area contributed by atoms with E-state index in [1.54, 1.807) is 0 Å². The first-order chi connectivity index (χ1) is 12.2. The SMILES string of the molecule is O=C(c1ccc(I)cc1)N1CC(c2ccccc2)Nc2ccccc21. The smallest absolute Gasteiger partial charge is 0.258 e. The van der Waals surface area contributed by atoms with Gasteiger partial charge in [-0.15, -0.1) is 0 Å². The zero-order chi connectivity index (χ0) is 17.2. The van der Waals surface area contributed by atoms with Gasteiger partial charge in [0.2, 0.25) is 0 Å². The molecule has 0 aromatic heterocycles. The largest absolute Gasteiger partial charge is 0.375 e. The van der Waals surface area contributed by atoms with Crippen molar-refractivity contribution in [1.82, 2.24) is 0 Å². The number of hydrogen-bond donors (Lipinski definition) is 1. The monoisotopic (exact) mass is 440 g/mol. The minimum Gasteiger partial charge on any atom is -0.375 e. The number of fused-ring (bicyclic) bond motifs is 1. The first-order valence-corrected chi connectivity index (χ1v) is 9.28. The number of anilines is 2. The first kappa shape index (κ1) is 16.1. The molecule has 1 atom stereocenters. The summed E-state index contributed by atoms with van der Waals surface area (Å²) in [4.78, 5) is 15.0. The van der Waals surface area contributed by atoms with Crippen molar-refractivity contribution in [1.29, 1.82) is 0 Å². The van der Waals surface area contributed by atoms with Crippen LogP contribution in [0.3, 0.4) is 0 Å². The van der Waals surface area contributed by atoms with E-state index in [1.807, 2.05) is 71.6 Å². The molecule has 4 rings (SSSR count). The molecular weight excluding hydrogens is 423 g/mol. The predicted molar refractivity (Wildman–Crippen MR) is 110 cm³/mol. The minimum absolute atomic E-state index is 0.0336. The molecule has 3 aromatic carbocycles. The Bertz CT molecular complexity index is 893. The molecule has 1 amide bonds. The Morgan fingerprint density at radius 1 is 0.920 bits per heavy atom. The van der Waals surface area contributed by atoms with Crippen LogP contribution in [0, 0.1) is 3.57 Å². The fraction of sp³-hybridized carbons (Fsp3) is 0.0952. The van der Waals surface area contributed by atoms with Gasteiger partial charge in [0.25, 0.3) is 5.91 Å². The van der Waals surface area contributed by atoms with Gasteiger partial charge in [0.15, 0.2) is 0 Å². The third-order valence-corrected chi connectivity index (χ3v) is 5.15. The van der Waals surface area contributed by atoms with Crippen molar-refractivity contribution in [2.45, 2.75) is 6.04 Å². The second-order valence-corrected chi connectivity index (χ2v) is 7.29. The molecule has 0 spiro atoms. The average Bonchev–Trinajstić information content (AvgIpc) is 2.68. The van der Waals surface area contributed by atoms with Crippen LogP contribution < -0.4 is 10.2 Å². The van der Waals surface area contributed by atoms with Crippen molar-refractivity contribution in [3.8, 4) is 0 Å². The number of amides is 1. The molecular formula is C21H17IN2O. The van der Waals surface area contributed by atoms with Gasteiger partial charge in [-0.05, 0) is 64.6 Å². The Kier molecular flexibility index (Phi) is 4.44. The van der Waals surface area contributed by atoms with Gasteiger partial charge in [0, 0.05) is 9.13 Å². The second kappa shape index (κ2) is 6.88. The molecule has 1 aliphatic heterocycles. The number of nitrogens with zero attached hydrogens (tertiary/aromatic N) is 1. The van der Waals surface area contributed by atoms with E-state index >= 15 is 0 Å². The maximum absolute atomic E-state index is 13.1. The first-order valence-electron chi connectivity index (χ1n) is 8.20. The van der Waals surface area contributed by atoms with Gasteiger partial charge < -0.3 is 10.2 Å². The molecule has 1 aliphatic rings. The maximum atomic E-state index is 13.1. The lowest BCUT2D eigenvalue weighted by Gasteiger charge is -2.36. The summed E-state index contributed by atoms with van der Waals surface area (Å²) in [5, 5.41) is 3.56. The normalized spacial score (nSPS) is 16.0. The maximum Gasteiger partial charge on any atom is 0.258 e. The lowest BCUT2D eigenvalue weighted by Crippen LogP contribution is -2.40. The van der Waals surface area contributed by atoms with Gasteiger partial charge >= 0.3 is 0 Å². The van der Waals surface area contributed by atoms with E-state index in [-0.39, 0.29) is 11.9 Å². The Hall–Kier alpha value is -2.34. The van der Waals surface area contributed by atoms with Gasteiger partial charge in [-0.3, -0.25) is 4.79 Å². The summed E-state index contributed by atoms with van der Waals surface area (Å²) in [6, 6.07) is 26.0. The Morgan fingerprint density at radius 2 is 1.60 bits per heavy atom. The van der Waals surface area contributed by atoms with Crippen molar-refractivity contribution in [2.75, 3.05) is 16.8 Å². The van der Waals surface area contributed by atoms with Crippen LogP contribution in [0.2, 0.25) is 0 Å². The molecule has 0 saturated heterocycles. The lowest BCUT2D eigenvalue weighted by molar-refractivity contribution is 0.0985. The van der Waals surface area contributed by atoms with Crippen molar-refractivity contribution in [3.05, 3.63) is 93.6 Å². The van der Waals surface area contributed by atoms with Crippen LogP contribution >= 0.6 is 22.6 Å². The highest BCUT2D eigenvalue weighted by Crippen LogP contribution is 2.36. The van der Waals surface area contributed by atoms with Crippen molar-refractivity contribution in [2.24, 2.45) is 0 Å². The van der Waals surface area contributed by atoms with Crippen molar-refractivity contribution >= 4 is 39.9 Å². The van der Waals surface area contributed by atoms with Gasteiger partial charge in [-0.2, -0.15) is 0 Å². The molecule has 0 aliphatic carbocycles. The van der Waals surface area contributed by atoms with Crippen molar-refractivity contribution in [3.63, 3.8) is 0 Å². The summed E-state index contributed by atoms with van der Waals surface area (Å²) >= 11 is 2.25. The van der Waals surface area contributed by atoms with Gasteiger partial charge in [-0.25, -0.2) is 0 Å². The Balaban J connectivity index is 1.72. The van der Waals surface area contributed by atoms with Crippen LogP contribution in [0.4, 0.5) is 11.4 Å². The molecule has 0 saturated carbocycles. The molecule has 3 nitrogen and oxygen atoms in total. The van der Waals surface area contributed by atoms with E-state index in [9.17, 15) is 4.79 Å². The summed E-state index contributed by atoms with van der Waals surface area (Å²) in [6.07, 6.45) is 0. The van der Waals surface area contributed by atoms with Crippen LogP contribution in [0.15, 0.2) is 78.9 Å². The fourth-order valence-electron chi connectivity index (χ4n) is 3.16. The van der Waals surface area contributed by atoms with E-state index in [0.717, 1.165) is 14.9 Å². The third kappa shape index (κ3) is 3.26. The molecule has 0 fully saturated rings. The highest BCUT2D eigenvalue weighted by atomic mass is 127. The molecule has 25 heavy (non-hydrogen) atoms. The summed E-state index contributed by atoms with van der Waals surface area (Å²) in [5.41, 5.74) is 3.81. The number of benzene rings is 3. The van der Waals surface area contributed by atoms with E-state index in [4.69, 9.17) is 0 Å². The summed E-state index contributed by atoms with van der Waals surface area (Å²) in [6.45, 7) is 0.603. The average molecular weight is 440 g/mol. The number of para-hydroxylation sites is 2. The number of hydrogen-bond acceptors (Lipinski definition) is 2. The summed E-state index contributed by atoms with van der Waals surface area (Å²) in [5.74, 6) is 0.0336. The number of halogens is 1. The molecule has 124 valence electrons. The van der Waals surface area contributed by atoms with Gasteiger partial charge in [-0.1, -0.05) is 42.5 Å². The molecule has 3 aromatic rings. The van der Waals surface area contributed by atoms with Crippen LogP contribution in [0.25, 0.3) is 0 Å². The molecule has 1 N–H and O–H groups in total. The summed E-state index contributed by atoms with van der Waals surface area (Å²) in [7, 11) is 0. The third-order valence-electron chi connectivity index (χ3n) is 4.43. The minimum atomic E-state index is 0.0336. The van der Waals surface area contributed by atoms with E-state index < -0.39 is 0 Å². The fourth-order valence-corrected chi connectivity index (χ4v) is 3.52. The van der Waals surface area contributed by atoms with Crippen LogP contribution in [-0.2, 0) is 0 Å². The van der Waals surface area contributed by atoms with Crippen LogP contribution in [0.5, 0.6) is 0 Å². The molecule has 0 bridgehead atoms. The van der Waals surface area contributed by atoms with Crippen LogP contribution in [-0.4, -0.2) is 12.5 Å². The molecule has 1 heterocycles. The van der Waals surface area contributed by atoms with E-state index in [0.29, 0.717) is 12.1 Å². The number of nitrogens with one attached hydrogen (secondary N) is 1. The standard InChI is InChI=1S/C21H17IN2O/c22-17-12-10-16(11-13-17)21(25)24-14-19(15-6-2-1-3-7-15)23-18-8-4-5-9-20(18)24/h1-13,19,23H,14H2. The molecule has 1 unspecified atom stereocenters. The zero-order valence-electron chi connectivity index (χ0n) is 13.5. The topological polar surface area (TPSA) is 32.3 Å². The molecule has 0 radical (unpaired) electrons. The summed E-state index contributed by atoms with van der Waals surface area (Å²) < 4.78 is 1.12. The zero-order valence-corrected chi connectivity index (χ0v) is 15.7. The van der Waals surface area contributed by atoms with Crippen molar-refractivity contribution < 1.29 is 4.79 Å². The van der Waals surface area contributed by atoms with E-state index in [1.165, 1.54) is 5.56 Å². The second-order valence-electron chi connectivity index (χ2n) is 6.05. The quantitative estimate of drug-likeness (QED) is 0.563. The highest BCUT2D eigenvalue weighted by Gasteiger charge is 2.29. The highest BCUT2D eigenvalue weighted by molar-refractivity contribution is 14.1. The number of carbonyl (C=O) groups is 1. The Morgan fingerprint density at radius 3 is 2.36 bits per heavy atom. The molecule has 4 heteroatoms. The number of carbonyl (C=O) groups excluding carboxylic acids is 1. The Labute approximate surface area is 160 Å². The van der Waals surface area contributed by atoms with Gasteiger partial charge in [0.05, 0.1) is 24.0 Å². The lowest BCUT2D eigenvalue weighted by atomic mass is 10.0.